The van der Waals surface area contributed by atoms with E-state index in [1.807, 2.05) is 0 Å². The number of likely N-dealkylation sites (tertiary alicyclic amines) is 1. The van der Waals surface area contributed by atoms with Crippen molar-refractivity contribution >= 4 is 6.16 Å². The smallest absolute Gasteiger partial charge is 0.438 e. The molecule has 1 N–H and O–H groups in total. The summed E-state index contributed by atoms with van der Waals surface area (Å²) in [5.41, 5.74) is 0. The molecule has 2 aliphatic rings. The number of methoxy groups -OCH3 is 2. The first kappa shape index (κ1) is 15.2. The van der Waals surface area contributed by atoms with Gasteiger partial charge in [-0.2, -0.15) is 0 Å². The van der Waals surface area contributed by atoms with E-state index < -0.39 is 6.16 Å². The number of rotatable bonds is 1. The molecule has 18 heavy (non-hydrogen) atoms. The van der Waals surface area contributed by atoms with Crippen LogP contribution in [0, 0.1) is 0 Å². The van der Waals surface area contributed by atoms with Gasteiger partial charge in [0, 0.05) is 6.04 Å². The molecular formula is C13H26N2O3. The summed E-state index contributed by atoms with van der Waals surface area (Å²) in [6, 6.07) is 0.909. The van der Waals surface area contributed by atoms with E-state index in [2.05, 4.69) is 19.7 Å². The van der Waals surface area contributed by atoms with Gasteiger partial charge in [0.1, 0.15) is 0 Å². The zero-order chi connectivity index (χ0) is 13.2. The summed E-state index contributed by atoms with van der Waals surface area (Å²) >= 11 is 0. The van der Waals surface area contributed by atoms with E-state index in [-0.39, 0.29) is 0 Å². The molecule has 0 aromatic carbocycles. The first-order chi connectivity index (χ1) is 8.77. The van der Waals surface area contributed by atoms with Crippen LogP contribution in [0.4, 0.5) is 4.79 Å². The number of hydrogen-bond acceptors (Lipinski definition) is 5. The number of nitrogens with one attached hydrogen (secondary N) is 1. The molecule has 5 nitrogen and oxygen atoms in total. The van der Waals surface area contributed by atoms with E-state index in [0.717, 1.165) is 6.04 Å². The van der Waals surface area contributed by atoms with Gasteiger partial charge in [0.15, 0.2) is 0 Å². The van der Waals surface area contributed by atoms with E-state index in [0.29, 0.717) is 0 Å². The van der Waals surface area contributed by atoms with Gasteiger partial charge in [0.25, 0.3) is 0 Å². The topological polar surface area (TPSA) is 50.8 Å². The number of piperidine rings is 2. The largest absolute Gasteiger partial charge is 0.507 e. The van der Waals surface area contributed by atoms with Crippen LogP contribution in [0.15, 0.2) is 0 Å². The average molecular weight is 258 g/mol. The standard InChI is InChI=1S/C10H20N2.C3H6O3/c1-2-8-12(9-3-1)10-4-6-11-7-5-10;1-5-3(4)6-2/h10-11H,1-9H2;1-2H3. The highest BCUT2D eigenvalue weighted by Crippen LogP contribution is 2.17. The number of hydrogen-bond donors (Lipinski definition) is 1. The van der Waals surface area contributed by atoms with Crippen LogP contribution in [0.5, 0.6) is 0 Å². The van der Waals surface area contributed by atoms with Crippen molar-refractivity contribution < 1.29 is 14.3 Å². The second-order valence-electron chi connectivity index (χ2n) is 4.74. The lowest BCUT2D eigenvalue weighted by Gasteiger charge is -2.36. The molecule has 0 bridgehead atoms. The predicted molar refractivity (Wildman–Crippen MR) is 70.7 cm³/mol. The Bertz CT molecular complexity index is 202. The van der Waals surface area contributed by atoms with Crippen molar-refractivity contribution in [2.45, 2.75) is 38.1 Å². The quantitative estimate of drug-likeness (QED) is 0.724. The molecule has 0 radical (unpaired) electrons. The zero-order valence-corrected chi connectivity index (χ0v) is 11.6. The van der Waals surface area contributed by atoms with Crippen LogP contribution in [-0.4, -0.2) is 57.5 Å². The Morgan fingerprint density at radius 3 is 2.06 bits per heavy atom. The van der Waals surface area contributed by atoms with Gasteiger partial charge in [0.2, 0.25) is 0 Å². The molecule has 0 spiro atoms. The maximum atomic E-state index is 9.74. The van der Waals surface area contributed by atoms with Crippen LogP contribution >= 0.6 is 0 Å². The van der Waals surface area contributed by atoms with Gasteiger partial charge in [-0.1, -0.05) is 6.42 Å². The third kappa shape index (κ3) is 5.69. The zero-order valence-electron chi connectivity index (χ0n) is 11.6. The molecule has 0 aromatic heterocycles. The molecule has 2 heterocycles. The minimum absolute atomic E-state index is 0.657. The summed E-state index contributed by atoms with van der Waals surface area (Å²) in [6.07, 6.45) is 6.42. The van der Waals surface area contributed by atoms with Crippen molar-refractivity contribution in [3.05, 3.63) is 0 Å². The lowest BCUT2D eigenvalue weighted by Crippen LogP contribution is -2.45. The second kappa shape index (κ2) is 9.16. The van der Waals surface area contributed by atoms with Crippen LogP contribution in [0.2, 0.25) is 0 Å². The van der Waals surface area contributed by atoms with Gasteiger partial charge >= 0.3 is 6.16 Å². The molecule has 0 aliphatic carbocycles. The molecule has 106 valence electrons. The Morgan fingerprint density at radius 2 is 1.61 bits per heavy atom. The van der Waals surface area contributed by atoms with Crippen molar-refractivity contribution in [1.29, 1.82) is 0 Å². The van der Waals surface area contributed by atoms with Crippen molar-refractivity contribution in [3.63, 3.8) is 0 Å². The molecular weight excluding hydrogens is 232 g/mol. The fraction of sp³-hybridized carbons (Fsp3) is 0.923. The van der Waals surface area contributed by atoms with Crippen molar-refractivity contribution in [2.75, 3.05) is 40.4 Å². The van der Waals surface area contributed by atoms with E-state index in [1.54, 1.807) is 0 Å². The Balaban J connectivity index is 0.000000232. The van der Waals surface area contributed by atoms with E-state index >= 15 is 0 Å². The summed E-state index contributed by atoms with van der Waals surface area (Å²) in [4.78, 5) is 12.4. The van der Waals surface area contributed by atoms with Crippen molar-refractivity contribution in [2.24, 2.45) is 0 Å². The Morgan fingerprint density at radius 1 is 1.06 bits per heavy atom. The van der Waals surface area contributed by atoms with Crippen LogP contribution < -0.4 is 5.32 Å². The summed E-state index contributed by atoms with van der Waals surface area (Å²) in [6.45, 7) is 5.21. The minimum Gasteiger partial charge on any atom is -0.438 e. The summed E-state index contributed by atoms with van der Waals surface area (Å²) in [5.74, 6) is 0. The Kier molecular flexibility index (Phi) is 7.76. The fourth-order valence-corrected chi connectivity index (χ4v) is 2.54. The maximum Gasteiger partial charge on any atom is 0.507 e. The predicted octanol–water partition coefficient (Wildman–Crippen LogP) is 1.62. The molecule has 0 unspecified atom stereocenters. The highest BCUT2D eigenvalue weighted by Gasteiger charge is 2.21. The van der Waals surface area contributed by atoms with Gasteiger partial charge in [-0.05, 0) is 51.9 Å². The Labute approximate surface area is 110 Å². The monoisotopic (exact) mass is 258 g/mol. The molecule has 5 heteroatoms. The van der Waals surface area contributed by atoms with Gasteiger partial charge in [0.05, 0.1) is 14.2 Å². The second-order valence-corrected chi connectivity index (χ2v) is 4.74. The third-order valence-electron chi connectivity index (χ3n) is 3.55. The molecule has 0 saturated carbocycles. The summed E-state index contributed by atoms with van der Waals surface area (Å²) < 4.78 is 8.08. The molecule has 2 rings (SSSR count). The molecule has 2 aliphatic heterocycles. The fourth-order valence-electron chi connectivity index (χ4n) is 2.54. The first-order valence-corrected chi connectivity index (χ1v) is 6.84. The van der Waals surface area contributed by atoms with Gasteiger partial charge < -0.3 is 19.7 Å². The van der Waals surface area contributed by atoms with Crippen LogP contribution in [0.3, 0.4) is 0 Å². The SMILES string of the molecule is C1CCN(C2CCNCC2)CC1.COC(=O)OC. The van der Waals surface area contributed by atoms with Crippen LogP contribution in [-0.2, 0) is 9.47 Å². The first-order valence-electron chi connectivity index (χ1n) is 6.84. The van der Waals surface area contributed by atoms with Gasteiger partial charge in [-0.15, -0.1) is 0 Å². The molecule has 0 aromatic rings. The molecule has 0 amide bonds. The van der Waals surface area contributed by atoms with E-state index in [4.69, 9.17) is 0 Å². The van der Waals surface area contributed by atoms with E-state index in [1.165, 1.54) is 72.5 Å². The highest BCUT2D eigenvalue weighted by molar-refractivity contribution is 5.59. The highest BCUT2D eigenvalue weighted by atomic mass is 16.7. The number of carbonyl (C=O) groups is 1. The van der Waals surface area contributed by atoms with Crippen LogP contribution in [0.1, 0.15) is 32.1 Å². The number of ether oxygens (including phenoxy) is 2. The average Bonchev–Trinajstić information content (AvgIpc) is 2.49. The third-order valence-corrected chi connectivity index (χ3v) is 3.55. The van der Waals surface area contributed by atoms with Crippen LogP contribution in [0.25, 0.3) is 0 Å². The normalized spacial score (nSPS) is 21.7. The lowest BCUT2D eigenvalue weighted by molar-refractivity contribution is 0.0924. The molecule has 2 fully saturated rings. The number of carbonyl (C=O) groups excluding carboxylic acids is 1. The molecule has 2 saturated heterocycles. The number of nitrogens with zero attached hydrogens (tertiary/aromatic N) is 1. The maximum absolute atomic E-state index is 9.74. The summed E-state index contributed by atoms with van der Waals surface area (Å²) in [5, 5.41) is 3.43. The van der Waals surface area contributed by atoms with Gasteiger partial charge in [-0.3, -0.25) is 0 Å². The van der Waals surface area contributed by atoms with Crippen molar-refractivity contribution in [3.8, 4) is 0 Å². The van der Waals surface area contributed by atoms with E-state index in [9.17, 15) is 4.79 Å². The van der Waals surface area contributed by atoms with Gasteiger partial charge in [-0.25, -0.2) is 4.79 Å². The Hall–Kier alpha value is -0.810. The summed E-state index contributed by atoms with van der Waals surface area (Å²) in [7, 11) is 2.51. The van der Waals surface area contributed by atoms with Crippen molar-refractivity contribution in [1.82, 2.24) is 10.2 Å². The molecule has 0 atom stereocenters. The lowest BCUT2D eigenvalue weighted by atomic mass is 10.0. The minimum atomic E-state index is -0.657.